The minimum absolute atomic E-state index is 0.0386. The summed E-state index contributed by atoms with van der Waals surface area (Å²) in [5.41, 5.74) is -3.13. The number of anilines is 2. The molecule has 4 aliphatic heterocycles. The first kappa shape index (κ1) is 59.1. The third-order valence-corrected chi connectivity index (χ3v) is 15.1. The number of rotatable bonds is 10. The molecule has 1 amide bonds. The average molecular weight is 1120 g/mol. The highest BCUT2D eigenvalue weighted by molar-refractivity contribution is 6.17. The van der Waals surface area contributed by atoms with Crippen LogP contribution in [0, 0.1) is 36.5 Å². The Hall–Kier alpha value is -7.99. The van der Waals surface area contributed by atoms with Gasteiger partial charge in [0.25, 0.3) is 5.91 Å². The second-order valence-corrected chi connectivity index (χ2v) is 21.4. The maximum absolute atomic E-state index is 15.3. The number of carbonyl (C=O) groups is 4. The molecule has 9 rings (SSSR count). The SMILES string of the molecule is COC1/C=C/OC2(C)Oc3c(C)c(O)c4c(=O)c(c5oc6cc(N7CCN(CC(C)C)CC7)cc(=O)c6nc5c4c3=C2O)NC(=O)/C(COC(=O)COC(=O)c2cnccn2)=C\C=C\C(C)C(O)C(C)C(O)C(C)C(OC(C)=O)C1C. The lowest BCUT2D eigenvalue weighted by molar-refractivity contribution is -0.160. The number of esters is 3. The Morgan fingerprint density at radius 3 is 2.32 bits per heavy atom. The highest BCUT2D eigenvalue weighted by Gasteiger charge is 2.44. The fraction of sp³-hybridized carbons (Fsp3) is 0.466. The first-order valence-electron chi connectivity index (χ1n) is 26.7. The number of aromatic hydroxyl groups is 1. The maximum atomic E-state index is 15.3. The van der Waals surface area contributed by atoms with E-state index in [1.54, 1.807) is 33.8 Å². The number of allylic oxidation sites excluding steroid dienone is 2. The topological polar surface area (TPSA) is 309 Å². The van der Waals surface area contributed by atoms with Gasteiger partial charge in [-0.2, -0.15) is 0 Å². The van der Waals surface area contributed by atoms with Crippen LogP contribution in [-0.2, 0) is 38.1 Å². The molecular weight excluding hydrogens is 1050 g/mol. The highest BCUT2D eigenvalue weighted by Crippen LogP contribution is 2.42. The highest BCUT2D eigenvalue weighted by atomic mass is 16.7. The number of methoxy groups -OCH3 is 1. The number of nitrogens with one attached hydrogen (secondary N) is 1. The van der Waals surface area contributed by atoms with Crippen molar-refractivity contribution in [3.63, 3.8) is 0 Å². The van der Waals surface area contributed by atoms with E-state index in [4.69, 9.17) is 37.8 Å². The molecule has 3 aromatic carbocycles. The summed E-state index contributed by atoms with van der Waals surface area (Å²) in [5.74, 6) is -9.84. The van der Waals surface area contributed by atoms with E-state index in [-0.39, 0.29) is 49.8 Å². The number of piperazine rings is 1. The van der Waals surface area contributed by atoms with Crippen LogP contribution < -0.4 is 31.0 Å². The number of aromatic nitrogens is 3. The zero-order valence-corrected chi connectivity index (χ0v) is 46.8. The molecule has 6 heterocycles. The zero-order valence-electron chi connectivity index (χ0n) is 46.8. The third kappa shape index (κ3) is 12.2. The van der Waals surface area contributed by atoms with Gasteiger partial charge in [-0.05, 0) is 18.9 Å². The van der Waals surface area contributed by atoms with Crippen molar-refractivity contribution in [2.24, 2.45) is 29.6 Å². The van der Waals surface area contributed by atoms with Gasteiger partial charge in [0.1, 0.15) is 35.4 Å². The molecule has 1 fully saturated rings. The largest absolute Gasteiger partial charge is 0.507 e. The smallest absolute Gasteiger partial charge is 0.359 e. The van der Waals surface area contributed by atoms with E-state index in [0.717, 1.165) is 25.8 Å². The Labute approximate surface area is 465 Å². The van der Waals surface area contributed by atoms with Crippen LogP contribution in [0.3, 0.4) is 0 Å². The fourth-order valence-electron chi connectivity index (χ4n) is 10.6. The van der Waals surface area contributed by atoms with Gasteiger partial charge >= 0.3 is 23.7 Å². The quantitative estimate of drug-likeness (QED) is 0.0556. The Morgan fingerprint density at radius 1 is 0.926 bits per heavy atom. The summed E-state index contributed by atoms with van der Waals surface area (Å²) in [5, 5.41) is 49.7. The lowest BCUT2D eigenvalue weighted by Gasteiger charge is -2.38. The molecular formula is C58H68N6O17. The van der Waals surface area contributed by atoms with Crippen molar-refractivity contribution in [1.82, 2.24) is 19.9 Å². The Kier molecular flexibility index (Phi) is 17.8. The number of hydrogen-bond acceptors (Lipinski definition) is 22. The molecule has 0 aliphatic carbocycles. The number of aliphatic hydroxyl groups is 3. The molecule has 23 nitrogen and oxygen atoms in total. The van der Waals surface area contributed by atoms with Gasteiger partial charge < -0.3 is 63.5 Å². The summed E-state index contributed by atoms with van der Waals surface area (Å²) in [6.07, 6.45) is 6.17. The van der Waals surface area contributed by atoms with E-state index in [1.807, 2.05) is 4.90 Å². The van der Waals surface area contributed by atoms with E-state index < -0.39 is 130 Å². The summed E-state index contributed by atoms with van der Waals surface area (Å²) in [7, 11) is 1.41. The van der Waals surface area contributed by atoms with Gasteiger partial charge in [-0.3, -0.25) is 29.1 Å². The standard InChI is InChI=1S/C58H68N6O17/c1-28(2)25-63-17-19-64(20-18-63)36-22-38(66)45-40(23-36)80-54-46(61-45)42-43-50(70)33(7)53-44(42)55(72)58(9,81-53)78-21-14-39(75-10)30(4)52(79-34(8)65)32(6)49(69)31(5)48(68)29(3)12-11-13-35(56(73)62-47(54)51(43)71)26-76-41(67)27-77-57(74)37-24-59-15-16-60-37/h11-16,21-24,28-32,39,48-49,52,68-70,72H,17-20,25-27H2,1-10H3,(H,62,73)/b12-11+,21-14+,35-13-. The number of fused-ring (bicyclic) bond motifs is 14. The number of ether oxygens (including phenoxy) is 6. The van der Waals surface area contributed by atoms with Crippen LogP contribution in [-0.4, -0.2) is 147 Å². The minimum atomic E-state index is -2.08. The lowest BCUT2D eigenvalue weighted by atomic mass is 9.78. The van der Waals surface area contributed by atoms with Gasteiger partial charge in [0, 0.05) is 119 Å². The lowest BCUT2D eigenvalue weighted by Crippen LogP contribution is -2.47. The fourth-order valence-corrected chi connectivity index (χ4v) is 10.6. The third-order valence-electron chi connectivity index (χ3n) is 15.1. The Morgan fingerprint density at radius 2 is 1.65 bits per heavy atom. The molecule has 0 radical (unpaired) electrons. The van der Waals surface area contributed by atoms with E-state index in [1.165, 1.54) is 76.9 Å². The molecule has 0 spiro atoms. The monoisotopic (exact) mass is 1120 g/mol. The van der Waals surface area contributed by atoms with Crippen molar-refractivity contribution < 1.29 is 72.4 Å². The van der Waals surface area contributed by atoms with Crippen LogP contribution >= 0.6 is 0 Å². The number of hydrogen-bond donors (Lipinski definition) is 5. The second-order valence-electron chi connectivity index (χ2n) is 21.4. The van der Waals surface area contributed by atoms with Gasteiger partial charge in [0.2, 0.25) is 10.9 Å². The van der Waals surface area contributed by atoms with Gasteiger partial charge in [-0.15, -0.1) is 0 Å². The molecule has 432 valence electrons. The van der Waals surface area contributed by atoms with Crippen LogP contribution in [0.2, 0.25) is 0 Å². The molecule has 9 unspecified atom stereocenters. The molecule has 23 heteroatoms. The number of amides is 1. The summed E-state index contributed by atoms with van der Waals surface area (Å²) in [4.78, 5) is 99.5. The van der Waals surface area contributed by atoms with Crippen LogP contribution in [0.4, 0.5) is 11.4 Å². The second kappa shape index (κ2) is 24.4. The van der Waals surface area contributed by atoms with Crippen LogP contribution in [0.15, 0.2) is 80.9 Å². The molecule has 9 atom stereocenters. The maximum Gasteiger partial charge on any atom is 0.359 e. The van der Waals surface area contributed by atoms with Crippen molar-refractivity contribution in [3.05, 3.63) is 104 Å². The van der Waals surface area contributed by atoms with Crippen molar-refractivity contribution in [1.29, 1.82) is 0 Å². The number of benzene rings is 3. The zero-order chi connectivity index (χ0) is 58.8. The number of phenolic OH excluding ortho intramolecular Hbond substituents is 1. The normalized spacial score (nSPS) is 26.4. The van der Waals surface area contributed by atoms with Gasteiger partial charge in [-0.1, -0.05) is 59.8 Å². The Bertz CT molecular complexity index is 3520. The molecule has 0 saturated carbocycles. The van der Waals surface area contributed by atoms with Gasteiger partial charge in [-0.25, -0.2) is 19.6 Å². The molecule has 1 saturated heterocycles. The molecule has 5 bridgehead atoms. The number of phenols is 1. The van der Waals surface area contributed by atoms with Crippen molar-refractivity contribution in [2.45, 2.75) is 92.5 Å². The molecule has 2 aromatic heterocycles. The number of nitrogens with zero attached hydrogens (tertiary/aromatic N) is 5. The predicted octanol–water partition coefficient (Wildman–Crippen LogP) is 4.51. The van der Waals surface area contributed by atoms with Gasteiger partial charge in [0.15, 0.2) is 34.7 Å². The first-order chi connectivity index (χ1) is 38.4. The first-order valence-corrected chi connectivity index (χ1v) is 26.7. The van der Waals surface area contributed by atoms with Crippen molar-refractivity contribution in [3.8, 4) is 11.5 Å². The summed E-state index contributed by atoms with van der Waals surface area (Å²) >= 11 is 0. The van der Waals surface area contributed by atoms with Gasteiger partial charge in [0.05, 0.1) is 46.9 Å². The predicted molar refractivity (Wildman–Crippen MR) is 296 cm³/mol. The van der Waals surface area contributed by atoms with Crippen molar-refractivity contribution in [2.75, 3.05) is 63.3 Å². The molecule has 5 N–H and O–H groups in total. The van der Waals surface area contributed by atoms with E-state index in [0.29, 0.717) is 24.7 Å². The Balaban J connectivity index is 1.32. The van der Waals surface area contributed by atoms with Crippen LogP contribution in [0.5, 0.6) is 11.5 Å². The van der Waals surface area contributed by atoms with Crippen molar-refractivity contribution >= 4 is 73.9 Å². The summed E-state index contributed by atoms with van der Waals surface area (Å²) in [6.45, 7) is 16.8. The minimum Gasteiger partial charge on any atom is -0.507 e. The van der Waals surface area contributed by atoms with Crippen LogP contribution in [0.1, 0.15) is 71.4 Å². The van der Waals surface area contributed by atoms with E-state index in [9.17, 15) is 44.4 Å². The number of aliphatic hydroxyl groups excluding tert-OH is 3. The van der Waals surface area contributed by atoms with E-state index in [2.05, 4.69) is 34.0 Å². The molecule has 81 heavy (non-hydrogen) atoms. The summed E-state index contributed by atoms with van der Waals surface area (Å²) in [6, 6.07) is 3.03. The summed E-state index contributed by atoms with van der Waals surface area (Å²) < 4.78 is 41.2. The van der Waals surface area contributed by atoms with E-state index >= 15 is 4.79 Å². The molecule has 4 aliphatic rings. The average Bonchev–Trinajstić information content (AvgIpc) is 3.92. The molecule has 5 aromatic rings. The van der Waals surface area contributed by atoms with Crippen LogP contribution in [0.25, 0.3) is 38.7 Å². The number of carbonyl (C=O) groups excluding carboxylic acids is 4.